The Kier molecular flexibility index (Phi) is 6.93. The second-order valence-corrected chi connectivity index (χ2v) is 7.13. The zero-order chi connectivity index (χ0) is 18.3. The smallest absolute Gasteiger partial charge is 0.191 e. The van der Waals surface area contributed by atoms with Crippen LogP contribution < -0.4 is 15.4 Å². The normalized spacial score (nSPS) is 16.6. The summed E-state index contributed by atoms with van der Waals surface area (Å²) in [6.07, 6.45) is 3.91. The molecule has 2 rings (SSSR count). The molecule has 0 unspecified atom stereocenters. The van der Waals surface area contributed by atoms with E-state index in [-0.39, 0.29) is 11.3 Å². The molecule has 1 heterocycles. The Morgan fingerprint density at radius 2 is 1.96 bits per heavy atom. The molecule has 1 aliphatic rings. The van der Waals surface area contributed by atoms with Gasteiger partial charge in [0, 0.05) is 31.2 Å². The topological polar surface area (TPSA) is 69.1 Å². The third-order valence-corrected chi connectivity index (χ3v) is 4.86. The number of phenols is 1. The van der Waals surface area contributed by atoms with E-state index >= 15 is 0 Å². The molecule has 0 radical (unpaired) electrons. The van der Waals surface area contributed by atoms with Gasteiger partial charge in [-0.2, -0.15) is 0 Å². The lowest BCUT2D eigenvalue weighted by Crippen LogP contribution is -2.54. The first-order chi connectivity index (χ1) is 12.0. The number of piperidine rings is 1. The van der Waals surface area contributed by atoms with Crippen molar-refractivity contribution in [3.8, 4) is 11.5 Å². The maximum Gasteiger partial charge on any atom is 0.191 e. The third kappa shape index (κ3) is 5.53. The minimum Gasteiger partial charge on any atom is -0.508 e. The molecule has 0 aliphatic carbocycles. The zero-order valence-corrected chi connectivity index (χ0v) is 15.9. The number of phenolic OH excluding ortho intramolecular Hbond substituents is 1. The lowest BCUT2D eigenvalue weighted by Gasteiger charge is -2.41. The predicted molar refractivity (Wildman–Crippen MR) is 102 cm³/mol. The molecular formula is C19H32N4O2. The van der Waals surface area contributed by atoms with Crippen LogP contribution in [0.1, 0.15) is 38.7 Å². The summed E-state index contributed by atoms with van der Waals surface area (Å²) in [5.41, 5.74) is 0.855. The average Bonchev–Trinajstić information content (AvgIpc) is 2.64. The van der Waals surface area contributed by atoms with Gasteiger partial charge < -0.3 is 20.5 Å². The first kappa shape index (κ1) is 19.4. The zero-order valence-electron chi connectivity index (χ0n) is 15.9. The second kappa shape index (κ2) is 8.94. The number of aromatic hydroxyl groups is 1. The number of hydrogen-bond acceptors (Lipinski definition) is 4. The van der Waals surface area contributed by atoms with Gasteiger partial charge in [-0.25, -0.2) is 0 Å². The van der Waals surface area contributed by atoms with E-state index in [0.717, 1.165) is 23.8 Å². The van der Waals surface area contributed by atoms with Gasteiger partial charge in [0.2, 0.25) is 0 Å². The molecule has 0 amide bonds. The van der Waals surface area contributed by atoms with Crippen LogP contribution in [0.2, 0.25) is 0 Å². The van der Waals surface area contributed by atoms with Crippen LogP contribution in [0.4, 0.5) is 0 Å². The average molecular weight is 348 g/mol. The number of methoxy groups -OCH3 is 1. The molecular weight excluding hydrogens is 316 g/mol. The van der Waals surface area contributed by atoms with Crippen molar-refractivity contribution in [1.29, 1.82) is 0 Å². The Bertz CT molecular complexity index is 581. The molecule has 1 saturated heterocycles. The molecule has 6 nitrogen and oxygen atoms in total. The van der Waals surface area contributed by atoms with Crippen molar-refractivity contribution in [3.63, 3.8) is 0 Å². The van der Waals surface area contributed by atoms with E-state index in [2.05, 4.69) is 34.4 Å². The summed E-state index contributed by atoms with van der Waals surface area (Å²) in [4.78, 5) is 6.83. The summed E-state index contributed by atoms with van der Waals surface area (Å²) in [5.74, 6) is 1.70. The van der Waals surface area contributed by atoms with Gasteiger partial charge in [-0.15, -0.1) is 0 Å². The number of nitrogens with one attached hydrogen (secondary N) is 2. The van der Waals surface area contributed by atoms with Gasteiger partial charge in [-0.3, -0.25) is 9.89 Å². The third-order valence-electron chi connectivity index (χ3n) is 4.86. The summed E-state index contributed by atoms with van der Waals surface area (Å²) < 4.78 is 5.21. The van der Waals surface area contributed by atoms with Gasteiger partial charge in [-0.05, 0) is 58.0 Å². The molecule has 1 fully saturated rings. The molecule has 0 spiro atoms. The molecule has 0 bridgehead atoms. The summed E-state index contributed by atoms with van der Waals surface area (Å²) in [6.45, 7) is 8.17. The molecule has 1 aromatic rings. The number of rotatable bonds is 6. The van der Waals surface area contributed by atoms with E-state index in [1.54, 1.807) is 26.3 Å². The van der Waals surface area contributed by atoms with E-state index in [9.17, 15) is 5.11 Å². The maximum atomic E-state index is 9.98. The van der Waals surface area contributed by atoms with Crippen LogP contribution in [0.3, 0.4) is 0 Å². The Balaban J connectivity index is 1.88. The van der Waals surface area contributed by atoms with Crippen molar-refractivity contribution >= 4 is 5.96 Å². The van der Waals surface area contributed by atoms with Gasteiger partial charge in [0.1, 0.15) is 11.5 Å². The maximum absolute atomic E-state index is 9.98. The number of nitrogens with zero attached hydrogens (tertiary/aromatic N) is 2. The van der Waals surface area contributed by atoms with Gasteiger partial charge >= 0.3 is 0 Å². The van der Waals surface area contributed by atoms with E-state index in [4.69, 9.17) is 4.74 Å². The molecule has 3 N–H and O–H groups in total. The Morgan fingerprint density at radius 3 is 2.60 bits per heavy atom. The SMILES string of the molecule is CN=C(NCc1cc(OC)ccc1O)NCC(C)(C)N1CCCCC1. The van der Waals surface area contributed by atoms with Crippen LogP contribution in [-0.4, -0.2) is 55.3 Å². The molecule has 140 valence electrons. The minimum absolute atomic E-state index is 0.0795. The molecule has 0 aromatic heterocycles. The van der Waals surface area contributed by atoms with Crippen molar-refractivity contribution in [2.45, 2.75) is 45.2 Å². The number of hydrogen-bond donors (Lipinski definition) is 3. The van der Waals surface area contributed by atoms with Crippen LogP contribution in [0.25, 0.3) is 0 Å². The fourth-order valence-electron chi connectivity index (χ4n) is 3.14. The number of benzene rings is 1. The van der Waals surface area contributed by atoms with Crippen LogP contribution in [-0.2, 0) is 6.54 Å². The lowest BCUT2D eigenvalue weighted by molar-refractivity contribution is 0.0982. The van der Waals surface area contributed by atoms with Crippen molar-refractivity contribution in [2.24, 2.45) is 4.99 Å². The first-order valence-corrected chi connectivity index (χ1v) is 9.02. The van der Waals surface area contributed by atoms with Crippen molar-refractivity contribution < 1.29 is 9.84 Å². The van der Waals surface area contributed by atoms with Crippen molar-refractivity contribution in [3.05, 3.63) is 23.8 Å². The molecule has 0 saturated carbocycles. The predicted octanol–water partition coefficient (Wildman–Crippen LogP) is 2.33. The van der Waals surface area contributed by atoms with Gasteiger partial charge in [0.15, 0.2) is 5.96 Å². The molecule has 0 atom stereocenters. The summed E-state index contributed by atoms with van der Waals surface area (Å²) in [6, 6.07) is 5.21. The Morgan fingerprint density at radius 1 is 1.24 bits per heavy atom. The Labute approximate surface area is 151 Å². The van der Waals surface area contributed by atoms with E-state index in [1.807, 2.05) is 6.07 Å². The van der Waals surface area contributed by atoms with Gasteiger partial charge in [-0.1, -0.05) is 6.42 Å². The standard InChI is InChI=1S/C19H32N4O2/c1-19(2,23-10-6-5-7-11-23)14-22-18(20-3)21-13-15-12-16(25-4)8-9-17(15)24/h8-9,12,24H,5-7,10-11,13-14H2,1-4H3,(H2,20,21,22). The minimum atomic E-state index is 0.0795. The molecule has 25 heavy (non-hydrogen) atoms. The highest BCUT2D eigenvalue weighted by atomic mass is 16.5. The van der Waals surface area contributed by atoms with Crippen LogP contribution in [0.5, 0.6) is 11.5 Å². The number of ether oxygens (including phenoxy) is 1. The first-order valence-electron chi connectivity index (χ1n) is 9.02. The molecule has 1 aliphatic heterocycles. The quantitative estimate of drug-likeness (QED) is 0.544. The largest absolute Gasteiger partial charge is 0.508 e. The van der Waals surface area contributed by atoms with Crippen LogP contribution >= 0.6 is 0 Å². The van der Waals surface area contributed by atoms with Crippen molar-refractivity contribution in [2.75, 3.05) is 33.8 Å². The number of guanidine groups is 1. The fourth-order valence-corrected chi connectivity index (χ4v) is 3.14. The fraction of sp³-hybridized carbons (Fsp3) is 0.632. The van der Waals surface area contributed by atoms with E-state index < -0.39 is 0 Å². The summed E-state index contributed by atoms with van der Waals surface area (Å²) in [5, 5.41) is 16.7. The summed E-state index contributed by atoms with van der Waals surface area (Å²) in [7, 11) is 3.38. The number of aliphatic imine (C=N–C) groups is 1. The Hall–Kier alpha value is -1.95. The van der Waals surface area contributed by atoms with Crippen LogP contribution in [0.15, 0.2) is 23.2 Å². The van der Waals surface area contributed by atoms with E-state index in [0.29, 0.717) is 6.54 Å². The van der Waals surface area contributed by atoms with Crippen molar-refractivity contribution in [1.82, 2.24) is 15.5 Å². The van der Waals surface area contributed by atoms with Gasteiger partial charge in [0.05, 0.1) is 7.11 Å². The van der Waals surface area contributed by atoms with E-state index in [1.165, 1.54) is 32.4 Å². The van der Waals surface area contributed by atoms with Gasteiger partial charge in [0.25, 0.3) is 0 Å². The highest BCUT2D eigenvalue weighted by molar-refractivity contribution is 5.79. The lowest BCUT2D eigenvalue weighted by atomic mass is 9.98. The highest BCUT2D eigenvalue weighted by Crippen LogP contribution is 2.22. The monoisotopic (exact) mass is 348 g/mol. The number of likely N-dealkylation sites (tertiary alicyclic amines) is 1. The van der Waals surface area contributed by atoms with Crippen LogP contribution in [0, 0.1) is 0 Å². The molecule has 6 heteroatoms. The summed E-state index contributed by atoms with van der Waals surface area (Å²) >= 11 is 0. The highest BCUT2D eigenvalue weighted by Gasteiger charge is 2.27. The molecule has 1 aromatic carbocycles. The second-order valence-electron chi connectivity index (χ2n) is 7.13.